The molecule has 112 valence electrons. The van der Waals surface area contributed by atoms with E-state index in [1.165, 1.54) is 0 Å². The molecular weight excluding hydrogens is 290 g/mol. The number of ether oxygens (including phenoxy) is 1. The highest BCUT2D eigenvalue weighted by Crippen LogP contribution is 2.42. The average Bonchev–Trinajstić information content (AvgIpc) is 2.32. The molecule has 0 aromatic heterocycles. The van der Waals surface area contributed by atoms with E-state index in [2.05, 4.69) is 4.74 Å². The highest BCUT2D eigenvalue weighted by molar-refractivity contribution is 5.91. The molecule has 0 bridgehead atoms. The fourth-order valence-electron chi connectivity index (χ4n) is 1.54. The molecule has 0 spiro atoms. The summed E-state index contributed by atoms with van der Waals surface area (Å²) in [5.41, 5.74) is -5.06. The molecule has 0 amide bonds. The Hall–Kier alpha value is -1.73. The minimum atomic E-state index is -5.31. The van der Waals surface area contributed by atoms with Crippen LogP contribution < -0.4 is 0 Å². The van der Waals surface area contributed by atoms with Crippen LogP contribution in [0.5, 0.6) is 0 Å². The van der Waals surface area contributed by atoms with Crippen molar-refractivity contribution >= 4 is 5.97 Å². The minimum Gasteiger partial charge on any atom is -0.462 e. The lowest BCUT2D eigenvalue weighted by atomic mass is 10.00. The summed E-state index contributed by atoms with van der Waals surface area (Å²) in [6, 6.07) is 1.68. The molecule has 2 nitrogen and oxygen atoms in total. The number of halogens is 6. The maximum atomic E-state index is 12.8. The van der Waals surface area contributed by atoms with E-state index in [1.807, 2.05) is 0 Å². The van der Waals surface area contributed by atoms with Gasteiger partial charge < -0.3 is 4.74 Å². The second-order valence-electron chi connectivity index (χ2n) is 3.86. The summed E-state index contributed by atoms with van der Waals surface area (Å²) in [6.07, 6.45) is -10.2. The number of hydrogen-bond acceptors (Lipinski definition) is 2. The van der Waals surface area contributed by atoms with Crippen molar-refractivity contribution in [3.63, 3.8) is 0 Å². The van der Waals surface area contributed by atoms with Crippen LogP contribution in [0.15, 0.2) is 18.2 Å². The van der Waals surface area contributed by atoms with Gasteiger partial charge in [0.1, 0.15) is 0 Å². The van der Waals surface area contributed by atoms with Gasteiger partial charge in [-0.3, -0.25) is 0 Å². The third kappa shape index (κ3) is 3.64. The van der Waals surface area contributed by atoms with Gasteiger partial charge in [0.2, 0.25) is 0 Å². The molecule has 0 N–H and O–H groups in total. The third-order valence-electron chi connectivity index (χ3n) is 2.31. The Bertz CT molecular complexity index is 490. The molecule has 0 aliphatic rings. The first-order valence-corrected chi connectivity index (χ1v) is 5.53. The Labute approximate surface area is 110 Å². The van der Waals surface area contributed by atoms with Crippen LogP contribution in [0.2, 0.25) is 0 Å². The Morgan fingerprint density at radius 3 is 2.15 bits per heavy atom. The second kappa shape index (κ2) is 5.72. The molecule has 0 atom stereocenters. The Morgan fingerprint density at radius 2 is 1.70 bits per heavy atom. The van der Waals surface area contributed by atoms with E-state index in [-0.39, 0.29) is 12.7 Å². The molecule has 0 saturated heterocycles. The van der Waals surface area contributed by atoms with Crippen LogP contribution >= 0.6 is 0 Å². The van der Waals surface area contributed by atoms with Crippen LogP contribution in [0.25, 0.3) is 0 Å². The number of benzene rings is 1. The van der Waals surface area contributed by atoms with Crippen molar-refractivity contribution in [2.45, 2.75) is 25.7 Å². The maximum Gasteiger partial charge on any atom is 0.417 e. The van der Waals surface area contributed by atoms with E-state index in [1.54, 1.807) is 6.92 Å². The number of rotatable bonds is 3. The fourth-order valence-corrected chi connectivity index (χ4v) is 1.54. The van der Waals surface area contributed by atoms with E-state index in [0.717, 1.165) is 6.07 Å². The third-order valence-corrected chi connectivity index (χ3v) is 2.31. The Kier molecular flexibility index (Phi) is 4.67. The molecule has 1 aromatic carbocycles. The molecule has 0 saturated carbocycles. The van der Waals surface area contributed by atoms with Crippen molar-refractivity contribution in [2.75, 3.05) is 6.61 Å². The zero-order chi connectivity index (χ0) is 15.6. The van der Waals surface area contributed by atoms with Crippen LogP contribution in [0.4, 0.5) is 26.3 Å². The molecule has 20 heavy (non-hydrogen) atoms. The highest BCUT2D eigenvalue weighted by atomic mass is 19.4. The van der Waals surface area contributed by atoms with Gasteiger partial charge in [0.15, 0.2) is 0 Å². The minimum absolute atomic E-state index is 0.174. The largest absolute Gasteiger partial charge is 0.462 e. The molecule has 8 heteroatoms. The normalized spacial score (nSPS) is 12.3. The van der Waals surface area contributed by atoms with Crippen LogP contribution in [0.3, 0.4) is 0 Å². The van der Waals surface area contributed by atoms with Crippen molar-refractivity contribution in [1.29, 1.82) is 0 Å². The zero-order valence-corrected chi connectivity index (χ0v) is 10.2. The van der Waals surface area contributed by atoms with Crippen molar-refractivity contribution in [3.8, 4) is 0 Å². The van der Waals surface area contributed by atoms with E-state index in [0.29, 0.717) is 12.5 Å². The van der Waals surface area contributed by atoms with Gasteiger partial charge >= 0.3 is 18.3 Å². The van der Waals surface area contributed by atoms with E-state index >= 15 is 0 Å². The van der Waals surface area contributed by atoms with Gasteiger partial charge in [-0.2, -0.15) is 26.3 Å². The molecule has 1 aromatic rings. The van der Waals surface area contributed by atoms with Crippen molar-refractivity contribution < 1.29 is 35.9 Å². The van der Waals surface area contributed by atoms with Gasteiger partial charge in [-0.05, 0) is 18.6 Å². The summed E-state index contributed by atoms with van der Waals surface area (Å²) in [4.78, 5) is 11.5. The quantitative estimate of drug-likeness (QED) is 0.615. The zero-order valence-electron chi connectivity index (χ0n) is 10.2. The van der Waals surface area contributed by atoms with E-state index in [9.17, 15) is 31.1 Å². The predicted octanol–water partition coefficient (Wildman–Crippen LogP) is 4.29. The summed E-state index contributed by atoms with van der Waals surface area (Å²) >= 11 is 0. The molecule has 0 aliphatic carbocycles. The lowest BCUT2D eigenvalue weighted by Gasteiger charge is -2.18. The number of esters is 1. The van der Waals surface area contributed by atoms with E-state index < -0.39 is 35.0 Å². The van der Waals surface area contributed by atoms with Gasteiger partial charge in [0.05, 0.1) is 23.3 Å². The Balaban J connectivity index is 3.42. The first-order chi connectivity index (χ1) is 9.09. The van der Waals surface area contributed by atoms with Crippen LogP contribution in [0, 0.1) is 0 Å². The van der Waals surface area contributed by atoms with Crippen molar-refractivity contribution in [2.24, 2.45) is 0 Å². The van der Waals surface area contributed by atoms with Gasteiger partial charge in [-0.1, -0.05) is 13.0 Å². The summed E-state index contributed by atoms with van der Waals surface area (Å²) in [5.74, 6) is -1.43. The number of hydrogen-bond donors (Lipinski definition) is 0. The van der Waals surface area contributed by atoms with Crippen molar-refractivity contribution in [1.82, 2.24) is 0 Å². The lowest BCUT2D eigenvalue weighted by Crippen LogP contribution is -2.22. The molecule has 0 aliphatic heterocycles. The highest BCUT2D eigenvalue weighted by Gasteiger charge is 2.45. The summed E-state index contributed by atoms with van der Waals surface area (Å²) < 4.78 is 80.8. The molecule has 0 heterocycles. The number of alkyl halides is 6. The lowest BCUT2D eigenvalue weighted by molar-refractivity contribution is -0.162. The fraction of sp³-hybridized carbons (Fsp3) is 0.417. The van der Waals surface area contributed by atoms with Gasteiger partial charge in [0.25, 0.3) is 0 Å². The van der Waals surface area contributed by atoms with Crippen LogP contribution in [-0.2, 0) is 17.1 Å². The second-order valence-corrected chi connectivity index (χ2v) is 3.86. The SMILES string of the molecule is CCCOC(=O)c1cccc(C(F)(F)F)c1C(F)(F)F. The predicted molar refractivity (Wildman–Crippen MR) is 57.0 cm³/mol. The Morgan fingerprint density at radius 1 is 1.10 bits per heavy atom. The molecule has 0 unspecified atom stereocenters. The van der Waals surface area contributed by atoms with Crippen LogP contribution in [0.1, 0.15) is 34.8 Å². The van der Waals surface area contributed by atoms with Gasteiger partial charge in [0, 0.05) is 0 Å². The summed E-state index contributed by atoms with van der Waals surface area (Å²) in [6.45, 7) is 1.43. The summed E-state index contributed by atoms with van der Waals surface area (Å²) in [7, 11) is 0. The van der Waals surface area contributed by atoms with Crippen LogP contribution in [-0.4, -0.2) is 12.6 Å². The standard InChI is InChI=1S/C12H10F6O2/c1-2-6-20-10(19)7-4-3-5-8(11(13,14)15)9(7)12(16,17)18/h3-5H,2,6H2,1H3. The maximum absolute atomic E-state index is 12.8. The first-order valence-electron chi connectivity index (χ1n) is 5.53. The molecular formula is C12H10F6O2. The smallest absolute Gasteiger partial charge is 0.417 e. The van der Waals surface area contributed by atoms with Crippen molar-refractivity contribution in [3.05, 3.63) is 34.9 Å². The average molecular weight is 300 g/mol. The van der Waals surface area contributed by atoms with Gasteiger partial charge in [-0.25, -0.2) is 4.79 Å². The summed E-state index contributed by atoms with van der Waals surface area (Å²) in [5, 5.41) is 0. The topological polar surface area (TPSA) is 26.3 Å². The number of carbonyl (C=O) groups excluding carboxylic acids is 1. The molecule has 0 fully saturated rings. The monoisotopic (exact) mass is 300 g/mol. The van der Waals surface area contributed by atoms with Gasteiger partial charge in [-0.15, -0.1) is 0 Å². The molecule has 1 rings (SSSR count). The van der Waals surface area contributed by atoms with E-state index in [4.69, 9.17) is 0 Å². The first kappa shape index (κ1) is 16.3. The molecule has 0 radical (unpaired) electrons. The number of carbonyl (C=O) groups is 1.